The zero-order valence-corrected chi connectivity index (χ0v) is 10.9. The van der Waals surface area contributed by atoms with Crippen LogP contribution in [0.5, 0.6) is 0 Å². The molecule has 3 rings (SSSR count). The van der Waals surface area contributed by atoms with Crippen LogP contribution in [0.2, 0.25) is 0 Å². The molecule has 0 atom stereocenters. The van der Waals surface area contributed by atoms with Crippen LogP contribution >= 0.6 is 0 Å². The molecule has 0 amide bonds. The zero-order valence-electron chi connectivity index (χ0n) is 10.9. The zero-order chi connectivity index (χ0) is 12.5. The van der Waals surface area contributed by atoms with Crippen LogP contribution in [-0.2, 0) is 6.54 Å². The van der Waals surface area contributed by atoms with Crippen LogP contribution in [0, 0.1) is 18.8 Å². The fourth-order valence-electron chi connectivity index (χ4n) is 2.71. The van der Waals surface area contributed by atoms with Crippen molar-refractivity contribution in [3.05, 3.63) is 28.4 Å². The van der Waals surface area contributed by atoms with Crippen LogP contribution in [-0.4, -0.2) is 22.1 Å². The molecule has 2 fully saturated rings. The van der Waals surface area contributed by atoms with E-state index in [0.29, 0.717) is 6.04 Å². The minimum absolute atomic E-state index is 0.142. The predicted octanol–water partition coefficient (Wildman–Crippen LogP) is 1.33. The molecule has 0 aromatic carbocycles. The molecule has 4 nitrogen and oxygen atoms in total. The molecule has 0 saturated heterocycles. The van der Waals surface area contributed by atoms with Gasteiger partial charge in [-0.25, -0.2) is 9.78 Å². The number of aromatic nitrogens is 2. The maximum atomic E-state index is 11.6. The molecule has 2 saturated carbocycles. The van der Waals surface area contributed by atoms with Gasteiger partial charge in [0.1, 0.15) is 0 Å². The Morgan fingerprint density at radius 3 is 2.67 bits per heavy atom. The largest absolute Gasteiger partial charge is 0.347 e. The van der Waals surface area contributed by atoms with Crippen molar-refractivity contribution in [3.63, 3.8) is 0 Å². The monoisotopic (exact) mass is 247 g/mol. The molecule has 1 aromatic rings. The maximum Gasteiger partial charge on any atom is 0.347 e. The molecule has 0 bridgehead atoms. The highest BCUT2D eigenvalue weighted by Crippen LogP contribution is 2.44. The van der Waals surface area contributed by atoms with Gasteiger partial charge < -0.3 is 5.32 Å². The summed E-state index contributed by atoms with van der Waals surface area (Å²) in [7, 11) is 0. The van der Waals surface area contributed by atoms with E-state index in [1.165, 1.54) is 25.7 Å². The van der Waals surface area contributed by atoms with Gasteiger partial charge in [0.05, 0.1) is 0 Å². The standard InChI is InChI=1S/C14H21N3O/c1-10-8-16-14(18)17(9-10)7-6-15-13(11-2-3-11)12-4-5-12/h8-9,11-13,15H,2-7H2,1H3. The molecule has 4 heteroatoms. The average molecular weight is 247 g/mol. The molecule has 2 aliphatic carbocycles. The molecule has 0 aliphatic heterocycles. The second kappa shape index (κ2) is 4.84. The number of rotatable bonds is 6. The summed E-state index contributed by atoms with van der Waals surface area (Å²) in [5.41, 5.74) is 0.896. The van der Waals surface area contributed by atoms with E-state index in [9.17, 15) is 4.79 Å². The Bertz CT molecular complexity index is 462. The molecule has 1 aromatic heterocycles. The number of nitrogens with zero attached hydrogens (tertiary/aromatic N) is 2. The van der Waals surface area contributed by atoms with E-state index >= 15 is 0 Å². The van der Waals surface area contributed by atoms with Gasteiger partial charge in [-0.3, -0.25) is 4.57 Å². The van der Waals surface area contributed by atoms with Gasteiger partial charge in [-0.1, -0.05) is 0 Å². The first kappa shape index (κ1) is 11.9. The number of aryl methyl sites for hydroxylation is 1. The molecular weight excluding hydrogens is 226 g/mol. The van der Waals surface area contributed by atoms with Crippen LogP contribution in [0.15, 0.2) is 17.2 Å². The van der Waals surface area contributed by atoms with E-state index in [-0.39, 0.29) is 5.69 Å². The molecule has 0 radical (unpaired) electrons. The summed E-state index contributed by atoms with van der Waals surface area (Å²) in [6, 6.07) is 0.707. The highest BCUT2D eigenvalue weighted by atomic mass is 16.1. The van der Waals surface area contributed by atoms with E-state index < -0.39 is 0 Å². The molecule has 98 valence electrons. The normalized spacial score (nSPS) is 19.4. The number of hydrogen-bond acceptors (Lipinski definition) is 3. The summed E-state index contributed by atoms with van der Waals surface area (Å²) in [5, 5.41) is 3.65. The summed E-state index contributed by atoms with van der Waals surface area (Å²) in [4.78, 5) is 15.4. The van der Waals surface area contributed by atoms with Crippen molar-refractivity contribution < 1.29 is 0 Å². The summed E-state index contributed by atoms with van der Waals surface area (Å²) < 4.78 is 1.71. The fraction of sp³-hybridized carbons (Fsp3) is 0.714. The van der Waals surface area contributed by atoms with Gasteiger partial charge >= 0.3 is 5.69 Å². The Kier molecular flexibility index (Phi) is 3.20. The molecular formula is C14H21N3O. The van der Waals surface area contributed by atoms with E-state index in [0.717, 1.165) is 30.5 Å². The van der Waals surface area contributed by atoms with Crippen molar-refractivity contribution in [2.45, 2.75) is 45.2 Å². The third-order valence-electron chi connectivity index (χ3n) is 3.98. The first-order valence-corrected chi connectivity index (χ1v) is 7.00. The second-order valence-corrected chi connectivity index (χ2v) is 5.76. The predicted molar refractivity (Wildman–Crippen MR) is 70.5 cm³/mol. The van der Waals surface area contributed by atoms with Crippen molar-refractivity contribution in [1.82, 2.24) is 14.9 Å². The molecule has 2 aliphatic rings. The summed E-state index contributed by atoms with van der Waals surface area (Å²) in [5.74, 6) is 1.81. The minimum Gasteiger partial charge on any atom is -0.312 e. The summed E-state index contributed by atoms with van der Waals surface area (Å²) in [6.07, 6.45) is 9.07. The average Bonchev–Trinajstić information content (AvgIpc) is 3.22. The quantitative estimate of drug-likeness (QED) is 0.825. The number of nitrogens with one attached hydrogen (secondary N) is 1. The Morgan fingerprint density at radius 2 is 2.06 bits per heavy atom. The van der Waals surface area contributed by atoms with E-state index in [2.05, 4.69) is 10.3 Å². The highest BCUT2D eigenvalue weighted by molar-refractivity contribution is 5.00. The van der Waals surface area contributed by atoms with E-state index in [1.54, 1.807) is 10.8 Å². The van der Waals surface area contributed by atoms with Crippen molar-refractivity contribution in [3.8, 4) is 0 Å². The van der Waals surface area contributed by atoms with Gasteiger partial charge in [0.25, 0.3) is 0 Å². The lowest BCUT2D eigenvalue weighted by Gasteiger charge is -2.17. The van der Waals surface area contributed by atoms with Crippen LogP contribution in [0.4, 0.5) is 0 Å². The van der Waals surface area contributed by atoms with Gasteiger partial charge in [-0.2, -0.15) is 0 Å². The van der Waals surface area contributed by atoms with Gasteiger partial charge in [-0.05, 0) is 50.0 Å². The van der Waals surface area contributed by atoms with Crippen molar-refractivity contribution >= 4 is 0 Å². The SMILES string of the molecule is Cc1cnc(=O)n(CCNC(C2CC2)C2CC2)c1. The molecule has 1 heterocycles. The summed E-state index contributed by atoms with van der Waals surface area (Å²) in [6.45, 7) is 3.57. The molecule has 1 N–H and O–H groups in total. The Hall–Kier alpha value is -1.16. The van der Waals surface area contributed by atoms with Gasteiger partial charge in [0.15, 0.2) is 0 Å². The van der Waals surface area contributed by atoms with E-state index in [1.807, 2.05) is 13.1 Å². The molecule has 0 spiro atoms. The van der Waals surface area contributed by atoms with Crippen LogP contribution in [0.1, 0.15) is 31.2 Å². The Balaban J connectivity index is 1.54. The van der Waals surface area contributed by atoms with Gasteiger partial charge in [-0.15, -0.1) is 0 Å². The lowest BCUT2D eigenvalue weighted by atomic mass is 10.1. The van der Waals surface area contributed by atoms with Crippen molar-refractivity contribution in [2.75, 3.05) is 6.54 Å². The Morgan fingerprint density at radius 1 is 1.39 bits per heavy atom. The van der Waals surface area contributed by atoms with Gasteiger partial charge in [0, 0.05) is 31.5 Å². The molecule has 18 heavy (non-hydrogen) atoms. The fourth-order valence-corrected chi connectivity index (χ4v) is 2.71. The van der Waals surface area contributed by atoms with E-state index in [4.69, 9.17) is 0 Å². The maximum absolute atomic E-state index is 11.6. The van der Waals surface area contributed by atoms with Crippen molar-refractivity contribution in [1.29, 1.82) is 0 Å². The topological polar surface area (TPSA) is 46.9 Å². The third kappa shape index (κ3) is 2.80. The first-order chi connectivity index (χ1) is 8.74. The van der Waals surface area contributed by atoms with Crippen LogP contribution in [0.25, 0.3) is 0 Å². The lowest BCUT2D eigenvalue weighted by Crippen LogP contribution is -2.37. The Labute approximate surface area is 107 Å². The smallest absolute Gasteiger partial charge is 0.312 e. The lowest BCUT2D eigenvalue weighted by molar-refractivity contribution is 0.404. The molecule has 0 unspecified atom stereocenters. The highest BCUT2D eigenvalue weighted by Gasteiger charge is 2.40. The minimum atomic E-state index is -0.142. The van der Waals surface area contributed by atoms with Crippen LogP contribution < -0.4 is 11.0 Å². The second-order valence-electron chi connectivity index (χ2n) is 5.76. The van der Waals surface area contributed by atoms with Crippen LogP contribution in [0.3, 0.4) is 0 Å². The number of hydrogen-bond donors (Lipinski definition) is 1. The third-order valence-corrected chi connectivity index (χ3v) is 3.98. The van der Waals surface area contributed by atoms with Crippen molar-refractivity contribution in [2.24, 2.45) is 11.8 Å². The summed E-state index contributed by atoms with van der Waals surface area (Å²) >= 11 is 0. The first-order valence-electron chi connectivity index (χ1n) is 7.00. The van der Waals surface area contributed by atoms with Gasteiger partial charge in [0.2, 0.25) is 0 Å².